The molecule has 0 aliphatic carbocycles. The van der Waals surface area contributed by atoms with Crippen molar-refractivity contribution in [3.63, 3.8) is 0 Å². The number of ether oxygens (including phenoxy) is 1. The summed E-state index contributed by atoms with van der Waals surface area (Å²) in [6.07, 6.45) is 0.0931. The zero-order valence-electron chi connectivity index (χ0n) is 9.56. The van der Waals surface area contributed by atoms with Gasteiger partial charge in [0.15, 0.2) is 0 Å². The van der Waals surface area contributed by atoms with Crippen LogP contribution in [0.4, 0.5) is 0 Å². The van der Waals surface area contributed by atoms with Crippen LogP contribution in [0.15, 0.2) is 12.7 Å². The topological polar surface area (TPSA) is 66.8 Å². The monoisotopic (exact) mass is 216 g/mol. The molecule has 0 heterocycles. The molecule has 0 radical (unpaired) electrons. The fourth-order valence-electron chi connectivity index (χ4n) is 1.28. The van der Waals surface area contributed by atoms with Crippen LogP contribution in [0.2, 0.25) is 0 Å². The Morgan fingerprint density at radius 2 is 2.20 bits per heavy atom. The summed E-state index contributed by atoms with van der Waals surface area (Å²) in [5.74, 6) is -0.571. The van der Waals surface area contributed by atoms with E-state index in [2.05, 4.69) is 6.58 Å². The molecule has 0 rings (SSSR count). The molecule has 0 aliphatic rings. The van der Waals surface area contributed by atoms with Crippen molar-refractivity contribution >= 4 is 5.97 Å². The smallest absolute Gasteiger partial charge is 0.330 e. The molecule has 2 N–H and O–H groups in total. The van der Waals surface area contributed by atoms with Crippen molar-refractivity contribution in [2.24, 2.45) is 5.41 Å². The summed E-state index contributed by atoms with van der Waals surface area (Å²) >= 11 is 0. The number of rotatable bonds is 6. The van der Waals surface area contributed by atoms with Gasteiger partial charge in [-0.05, 0) is 13.3 Å². The van der Waals surface area contributed by atoms with E-state index in [9.17, 15) is 15.0 Å². The maximum atomic E-state index is 10.9. The van der Waals surface area contributed by atoms with Gasteiger partial charge in [0.1, 0.15) is 6.10 Å². The number of hydrogen-bond acceptors (Lipinski definition) is 4. The predicted octanol–water partition coefficient (Wildman–Crippen LogP) is 0.874. The van der Waals surface area contributed by atoms with Gasteiger partial charge in [0, 0.05) is 11.5 Å². The van der Waals surface area contributed by atoms with Crippen LogP contribution in [0.3, 0.4) is 0 Å². The Hall–Kier alpha value is -0.870. The third kappa shape index (κ3) is 3.64. The molecule has 3 atom stereocenters. The van der Waals surface area contributed by atoms with E-state index in [1.807, 2.05) is 6.92 Å². The summed E-state index contributed by atoms with van der Waals surface area (Å²) in [6.45, 7) is 8.32. The van der Waals surface area contributed by atoms with Crippen LogP contribution in [0.1, 0.15) is 27.2 Å². The zero-order valence-corrected chi connectivity index (χ0v) is 9.56. The fraction of sp³-hybridized carbons (Fsp3) is 0.727. The Morgan fingerprint density at radius 1 is 1.67 bits per heavy atom. The second kappa shape index (κ2) is 5.88. The molecule has 0 aromatic rings. The second-order valence-electron chi connectivity index (χ2n) is 3.96. The Bertz CT molecular complexity index is 221. The van der Waals surface area contributed by atoms with Crippen LogP contribution < -0.4 is 0 Å². The molecule has 0 saturated carbocycles. The van der Waals surface area contributed by atoms with Gasteiger partial charge in [-0.3, -0.25) is 0 Å². The van der Waals surface area contributed by atoms with E-state index in [0.29, 0.717) is 6.42 Å². The lowest BCUT2D eigenvalue weighted by molar-refractivity contribution is -0.155. The van der Waals surface area contributed by atoms with E-state index in [1.54, 1.807) is 13.8 Å². The highest BCUT2D eigenvalue weighted by Gasteiger charge is 2.35. The Balaban J connectivity index is 4.47. The molecule has 0 aromatic heterocycles. The van der Waals surface area contributed by atoms with Crippen LogP contribution in [-0.4, -0.2) is 35.0 Å². The van der Waals surface area contributed by atoms with Crippen molar-refractivity contribution in [2.75, 3.05) is 6.61 Å². The number of carbonyl (C=O) groups excluding carboxylic acids is 1. The summed E-state index contributed by atoms with van der Waals surface area (Å²) in [6, 6.07) is 0. The minimum absolute atomic E-state index is 0.152. The van der Waals surface area contributed by atoms with Crippen LogP contribution >= 0.6 is 0 Å². The average Bonchev–Trinajstić information content (AvgIpc) is 2.26. The van der Waals surface area contributed by atoms with Gasteiger partial charge in [-0.2, -0.15) is 0 Å². The quantitative estimate of drug-likeness (QED) is 0.511. The largest absolute Gasteiger partial charge is 0.457 e. The summed E-state index contributed by atoms with van der Waals surface area (Å²) in [7, 11) is 0. The van der Waals surface area contributed by atoms with Crippen LogP contribution in [-0.2, 0) is 9.53 Å². The highest BCUT2D eigenvalue weighted by atomic mass is 16.6. The van der Waals surface area contributed by atoms with Gasteiger partial charge in [0.05, 0.1) is 12.7 Å². The molecule has 0 bridgehead atoms. The molecule has 88 valence electrons. The number of aliphatic hydroxyl groups is 2. The van der Waals surface area contributed by atoms with Crippen molar-refractivity contribution in [3.05, 3.63) is 12.7 Å². The van der Waals surface area contributed by atoms with Gasteiger partial charge in [-0.1, -0.05) is 20.4 Å². The maximum absolute atomic E-state index is 10.9. The van der Waals surface area contributed by atoms with Crippen molar-refractivity contribution in [1.82, 2.24) is 0 Å². The van der Waals surface area contributed by atoms with Crippen LogP contribution in [0.25, 0.3) is 0 Å². The standard InChI is InChI=1S/C11H20O4/c1-5-9(13)15-8(3)10(14)11(4,6-2)7-12/h5,8,10,12,14H,1,6-7H2,2-4H3. The molecule has 0 aromatic carbocycles. The first kappa shape index (κ1) is 14.1. The Kier molecular flexibility index (Phi) is 5.54. The van der Waals surface area contributed by atoms with Crippen LogP contribution in [0.5, 0.6) is 0 Å². The number of hydrogen-bond donors (Lipinski definition) is 2. The lowest BCUT2D eigenvalue weighted by Crippen LogP contribution is -2.44. The molecular weight excluding hydrogens is 196 g/mol. The molecular formula is C11H20O4. The lowest BCUT2D eigenvalue weighted by atomic mass is 9.80. The molecule has 15 heavy (non-hydrogen) atoms. The molecule has 3 unspecified atom stereocenters. The lowest BCUT2D eigenvalue weighted by Gasteiger charge is -2.34. The first-order valence-electron chi connectivity index (χ1n) is 5.03. The Morgan fingerprint density at radius 3 is 2.53 bits per heavy atom. The molecule has 0 spiro atoms. The molecule has 0 aliphatic heterocycles. The van der Waals surface area contributed by atoms with Gasteiger partial charge in [0.25, 0.3) is 0 Å². The van der Waals surface area contributed by atoms with E-state index in [4.69, 9.17) is 4.74 Å². The predicted molar refractivity (Wildman–Crippen MR) is 57.2 cm³/mol. The van der Waals surface area contributed by atoms with E-state index in [0.717, 1.165) is 6.08 Å². The molecule has 0 amide bonds. The molecule has 0 fully saturated rings. The third-order valence-electron chi connectivity index (χ3n) is 2.80. The normalized spacial score (nSPS) is 18.7. The SMILES string of the molecule is C=CC(=O)OC(C)C(O)C(C)(CC)CO. The maximum Gasteiger partial charge on any atom is 0.330 e. The van der Waals surface area contributed by atoms with Gasteiger partial charge in [0.2, 0.25) is 0 Å². The minimum atomic E-state index is -0.892. The first-order valence-corrected chi connectivity index (χ1v) is 5.03. The first-order chi connectivity index (χ1) is 6.91. The van der Waals surface area contributed by atoms with Crippen molar-refractivity contribution in [2.45, 2.75) is 39.4 Å². The minimum Gasteiger partial charge on any atom is -0.457 e. The Labute approximate surface area is 90.6 Å². The van der Waals surface area contributed by atoms with Crippen LogP contribution in [0, 0.1) is 5.41 Å². The average molecular weight is 216 g/mol. The zero-order chi connectivity index (χ0) is 12.1. The molecule has 4 nitrogen and oxygen atoms in total. The third-order valence-corrected chi connectivity index (χ3v) is 2.80. The highest BCUT2D eigenvalue weighted by molar-refractivity contribution is 5.81. The summed E-state index contributed by atoms with van der Waals surface area (Å²) in [5.41, 5.74) is -0.652. The molecule has 0 saturated heterocycles. The molecule has 4 heteroatoms. The van der Waals surface area contributed by atoms with Gasteiger partial charge in [-0.25, -0.2) is 4.79 Å². The van der Waals surface area contributed by atoms with Gasteiger partial charge in [-0.15, -0.1) is 0 Å². The number of aliphatic hydroxyl groups excluding tert-OH is 2. The second-order valence-corrected chi connectivity index (χ2v) is 3.96. The van der Waals surface area contributed by atoms with Crippen molar-refractivity contribution < 1.29 is 19.7 Å². The summed E-state index contributed by atoms with van der Waals surface area (Å²) in [4.78, 5) is 10.9. The highest BCUT2D eigenvalue weighted by Crippen LogP contribution is 2.28. The van der Waals surface area contributed by atoms with E-state index in [-0.39, 0.29) is 6.61 Å². The van der Waals surface area contributed by atoms with Gasteiger partial charge < -0.3 is 14.9 Å². The fourth-order valence-corrected chi connectivity index (χ4v) is 1.28. The van der Waals surface area contributed by atoms with E-state index >= 15 is 0 Å². The van der Waals surface area contributed by atoms with Gasteiger partial charge >= 0.3 is 5.97 Å². The van der Waals surface area contributed by atoms with Crippen molar-refractivity contribution in [3.8, 4) is 0 Å². The summed E-state index contributed by atoms with van der Waals surface area (Å²) < 4.78 is 4.89. The number of esters is 1. The van der Waals surface area contributed by atoms with E-state index < -0.39 is 23.6 Å². The van der Waals surface area contributed by atoms with Crippen molar-refractivity contribution in [1.29, 1.82) is 0 Å². The summed E-state index contributed by atoms with van der Waals surface area (Å²) in [5, 5.41) is 19.1. The van der Waals surface area contributed by atoms with E-state index in [1.165, 1.54) is 0 Å². The number of carbonyl (C=O) groups is 1.